The van der Waals surface area contributed by atoms with Gasteiger partial charge in [0.2, 0.25) is 0 Å². The van der Waals surface area contributed by atoms with Crippen molar-refractivity contribution < 1.29 is 9.53 Å². The first-order valence-electron chi connectivity index (χ1n) is 7.86. The molecule has 1 unspecified atom stereocenters. The number of thiazole rings is 1. The summed E-state index contributed by atoms with van der Waals surface area (Å²) in [5, 5.41) is 3.54. The van der Waals surface area contributed by atoms with Gasteiger partial charge in [-0.25, -0.2) is 4.98 Å². The van der Waals surface area contributed by atoms with Crippen molar-refractivity contribution in [3.63, 3.8) is 0 Å². The molecule has 7 heteroatoms. The fourth-order valence-electron chi connectivity index (χ4n) is 2.74. The van der Waals surface area contributed by atoms with Crippen molar-refractivity contribution in [3.8, 4) is 0 Å². The highest BCUT2D eigenvalue weighted by Gasteiger charge is 2.15. The molecule has 0 aliphatic carbocycles. The van der Waals surface area contributed by atoms with E-state index in [1.807, 2.05) is 12.1 Å². The molecule has 1 aromatic heterocycles. The molecule has 0 spiro atoms. The van der Waals surface area contributed by atoms with Crippen LogP contribution in [0.3, 0.4) is 0 Å². The Morgan fingerprint density at radius 3 is 3.04 bits per heavy atom. The number of nitrogens with one attached hydrogen (secondary N) is 1. The Morgan fingerprint density at radius 2 is 2.26 bits per heavy atom. The van der Waals surface area contributed by atoms with Crippen LogP contribution in [0, 0.1) is 5.92 Å². The number of morpholine rings is 1. The van der Waals surface area contributed by atoms with Gasteiger partial charge in [-0.15, -0.1) is 0 Å². The van der Waals surface area contributed by atoms with Gasteiger partial charge in [0, 0.05) is 31.7 Å². The van der Waals surface area contributed by atoms with Crippen molar-refractivity contribution in [1.29, 1.82) is 0 Å². The van der Waals surface area contributed by atoms with E-state index in [1.54, 1.807) is 6.07 Å². The standard InChI is InChI=1S/C16H22N4O2S/c1-11(10-20-4-6-22-7-5-20)9-18-15(21)12-2-3-13-14(8-12)23-16(17)19-13/h2-3,8,11H,4-7,9-10H2,1H3,(H2,17,19)(H,18,21). The highest BCUT2D eigenvalue weighted by Crippen LogP contribution is 2.24. The summed E-state index contributed by atoms with van der Waals surface area (Å²) in [7, 11) is 0. The third-order valence-corrected chi connectivity index (χ3v) is 4.80. The maximum absolute atomic E-state index is 12.3. The van der Waals surface area contributed by atoms with Gasteiger partial charge >= 0.3 is 0 Å². The van der Waals surface area contributed by atoms with Crippen LogP contribution >= 0.6 is 11.3 Å². The first-order chi connectivity index (χ1) is 11.1. The second-order valence-corrected chi connectivity index (χ2v) is 7.03. The van der Waals surface area contributed by atoms with Crippen molar-refractivity contribution >= 4 is 32.6 Å². The maximum Gasteiger partial charge on any atom is 0.251 e. The normalized spacial score (nSPS) is 17.3. The zero-order valence-corrected chi connectivity index (χ0v) is 14.1. The van der Waals surface area contributed by atoms with Gasteiger partial charge in [0.05, 0.1) is 23.4 Å². The van der Waals surface area contributed by atoms with E-state index in [-0.39, 0.29) is 5.91 Å². The highest BCUT2D eigenvalue weighted by molar-refractivity contribution is 7.22. The molecule has 1 fully saturated rings. The predicted octanol–water partition coefficient (Wildman–Crippen LogP) is 1.58. The number of anilines is 1. The minimum atomic E-state index is -0.0484. The highest BCUT2D eigenvalue weighted by atomic mass is 32.1. The molecular weight excluding hydrogens is 312 g/mol. The predicted molar refractivity (Wildman–Crippen MR) is 92.8 cm³/mol. The molecule has 1 amide bonds. The molecule has 23 heavy (non-hydrogen) atoms. The average molecular weight is 334 g/mol. The molecule has 2 aromatic rings. The molecule has 1 atom stereocenters. The van der Waals surface area contributed by atoms with E-state index in [4.69, 9.17) is 10.5 Å². The average Bonchev–Trinajstić information content (AvgIpc) is 2.92. The number of fused-ring (bicyclic) bond motifs is 1. The van der Waals surface area contributed by atoms with Crippen LogP contribution in [0.2, 0.25) is 0 Å². The Labute approximate surface area is 139 Å². The zero-order chi connectivity index (χ0) is 16.2. The van der Waals surface area contributed by atoms with Gasteiger partial charge < -0.3 is 15.8 Å². The number of rotatable bonds is 5. The lowest BCUT2D eigenvalue weighted by Gasteiger charge is -2.29. The van der Waals surface area contributed by atoms with E-state index < -0.39 is 0 Å². The second kappa shape index (κ2) is 7.25. The van der Waals surface area contributed by atoms with Gasteiger partial charge in [-0.3, -0.25) is 9.69 Å². The number of nitrogen functional groups attached to an aromatic ring is 1. The maximum atomic E-state index is 12.3. The van der Waals surface area contributed by atoms with Gasteiger partial charge in [0.15, 0.2) is 5.13 Å². The molecule has 2 heterocycles. The van der Waals surface area contributed by atoms with Crippen LogP contribution in [0.4, 0.5) is 5.13 Å². The van der Waals surface area contributed by atoms with Crippen LogP contribution in [-0.4, -0.2) is 55.2 Å². The monoisotopic (exact) mass is 334 g/mol. The first-order valence-corrected chi connectivity index (χ1v) is 8.68. The molecule has 1 aliphatic rings. The Hall–Kier alpha value is -1.70. The minimum Gasteiger partial charge on any atom is -0.379 e. The Balaban J connectivity index is 1.53. The third kappa shape index (κ3) is 4.19. The van der Waals surface area contributed by atoms with E-state index in [0.29, 0.717) is 23.2 Å². The number of nitrogens with two attached hydrogens (primary N) is 1. The molecule has 0 saturated carbocycles. The van der Waals surface area contributed by atoms with Crippen molar-refractivity contribution in [2.45, 2.75) is 6.92 Å². The Bertz CT molecular complexity index is 682. The van der Waals surface area contributed by atoms with E-state index in [0.717, 1.165) is 43.1 Å². The molecule has 0 radical (unpaired) electrons. The zero-order valence-electron chi connectivity index (χ0n) is 13.2. The summed E-state index contributed by atoms with van der Waals surface area (Å²) in [6, 6.07) is 5.49. The van der Waals surface area contributed by atoms with Crippen LogP contribution in [0.25, 0.3) is 10.2 Å². The fraction of sp³-hybridized carbons (Fsp3) is 0.500. The number of hydrogen-bond acceptors (Lipinski definition) is 6. The van der Waals surface area contributed by atoms with Gasteiger partial charge in [0.1, 0.15) is 0 Å². The molecule has 3 rings (SSSR count). The lowest BCUT2D eigenvalue weighted by atomic mass is 10.1. The largest absolute Gasteiger partial charge is 0.379 e. The number of carbonyl (C=O) groups excluding carboxylic acids is 1. The smallest absolute Gasteiger partial charge is 0.251 e. The Morgan fingerprint density at radius 1 is 1.48 bits per heavy atom. The molecule has 1 aliphatic heterocycles. The number of hydrogen-bond donors (Lipinski definition) is 2. The summed E-state index contributed by atoms with van der Waals surface area (Å²) in [5.41, 5.74) is 7.19. The quantitative estimate of drug-likeness (QED) is 0.868. The van der Waals surface area contributed by atoms with E-state index in [2.05, 4.69) is 22.1 Å². The molecule has 3 N–H and O–H groups in total. The van der Waals surface area contributed by atoms with Crippen molar-refractivity contribution in [2.75, 3.05) is 45.1 Å². The summed E-state index contributed by atoms with van der Waals surface area (Å²) >= 11 is 1.40. The lowest BCUT2D eigenvalue weighted by Crippen LogP contribution is -2.41. The number of amides is 1. The molecular formula is C16H22N4O2S. The number of aromatic nitrogens is 1. The van der Waals surface area contributed by atoms with Gasteiger partial charge in [-0.2, -0.15) is 0 Å². The van der Waals surface area contributed by atoms with Crippen molar-refractivity contribution in [1.82, 2.24) is 15.2 Å². The van der Waals surface area contributed by atoms with Crippen LogP contribution in [0.5, 0.6) is 0 Å². The third-order valence-electron chi connectivity index (χ3n) is 3.95. The molecule has 6 nitrogen and oxygen atoms in total. The number of benzene rings is 1. The molecule has 0 bridgehead atoms. The summed E-state index contributed by atoms with van der Waals surface area (Å²) < 4.78 is 6.29. The van der Waals surface area contributed by atoms with Crippen LogP contribution in [0.1, 0.15) is 17.3 Å². The van der Waals surface area contributed by atoms with Gasteiger partial charge in [-0.1, -0.05) is 18.3 Å². The van der Waals surface area contributed by atoms with Crippen LogP contribution in [0.15, 0.2) is 18.2 Å². The van der Waals surface area contributed by atoms with Gasteiger partial charge in [0.25, 0.3) is 5.91 Å². The summed E-state index contributed by atoms with van der Waals surface area (Å²) in [6.45, 7) is 7.35. The molecule has 1 saturated heterocycles. The molecule has 124 valence electrons. The number of nitrogens with zero attached hydrogens (tertiary/aromatic N) is 2. The van der Waals surface area contributed by atoms with E-state index in [1.165, 1.54) is 11.3 Å². The number of carbonyl (C=O) groups is 1. The minimum absolute atomic E-state index is 0.0484. The van der Waals surface area contributed by atoms with Gasteiger partial charge in [-0.05, 0) is 24.1 Å². The van der Waals surface area contributed by atoms with Crippen LogP contribution < -0.4 is 11.1 Å². The van der Waals surface area contributed by atoms with Crippen molar-refractivity contribution in [2.24, 2.45) is 5.92 Å². The molecule has 1 aromatic carbocycles. The van der Waals surface area contributed by atoms with Crippen LogP contribution in [-0.2, 0) is 4.74 Å². The fourth-order valence-corrected chi connectivity index (χ4v) is 3.52. The SMILES string of the molecule is CC(CNC(=O)c1ccc2nc(N)sc2c1)CN1CCOCC1. The number of ether oxygens (including phenoxy) is 1. The second-order valence-electron chi connectivity index (χ2n) is 5.96. The first kappa shape index (κ1) is 16.2. The topological polar surface area (TPSA) is 80.5 Å². The Kier molecular flexibility index (Phi) is 5.09. The summed E-state index contributed by atoms with van der Waals surface area (Å²) in [4.78, 5) is 18.9. The summed E-state index contributed by atoms with van der Waals surface area (Å²) in [6.07, 6.45) is 0. The van der Waals surface area contributed by atoms with E-state index >= 15 is 0 Å². The van der Waals surface area contributed by atoms with Crippen molar-refractivity contribution in [3.05, 3.63) is 23.8 Å². The van der Waals surface area contributed by atoms with E-state index in [9.17, 15) is 4.79 Å². The lowest BCUT2D eigenvalue weighted by molar-refractivity contribution is 0.0317. The summed E-state index contributed by atoms with van der Waals surface area (Å²) in [5.74, 6) is 0.354.